The van der Waals surface area contributed by atoms with Crippen LogP contribution in [0.1, 0.15) is 28.6 Å². The third-order valence-electron chi connectivity index (χ3n) is 4.01. The summed E-state index contributed by atoms with van der Waals surface area (Å²) < 4.78 is 31.9. The maximum atomic E-state index is 12.8. The molecule has 9 heteroatoms. The molecule has 2 heterocycles. The zero-order chi connectivity index (χ0) is 18.7. The first-order valence-corrected chi connectivity index (χ1v) is 10.8. The van der Waals surface area contributed by atoms with E-state index in [-0.39, 0.29) is 18.9 Å². The molecule has 0 radical (unpaired) electrons. The fourth-order valence-corrected chi connectivity index (χ4v) is 5.39. The molecule has 0 saturated heterocycles. The number of hydrogen-bond acceptors (Lipinski definition) is 6. The molecule has 1 aromatic carbocycles. The SMILES string of the molecule is CCOC(=O)Nc1nc2c(s1)CN(S(=O)(=O)Cc1cccc(C)c1)CC2. The molecule has 0 bridgehead atoms. The van der Waals surface area contributed by atoms with E-state index in [0.29, 0.717) is 18.1 Å². The zero-order valence-electron chi connectivity index (χ0n) is 14.7. The number of aryl methyl sites for hydroxylation is 1. The first kappa shape index (κ1) is 18.8. The highest BCUT2D eigenvalue weighted by atomic mass is 32.2. The Morgan fingerprint density at radius 3 is 2.96 bits per heavy atom. The third-order valence-corrected chi connectivity index (χ3v) is 6.80. The van der Waals surface area contributed by atoms with Gasteiger partial charge >= 0.3 is 6.09 Å². The van der Waals surface area contributed by atoms with Gasteiger partial charge in [-0.05, 0) is 19.4 Å². The van der Waals surface area contributed by atoms with Crippen molar-refractivity contribution in [1.29, 1.82) is 0 Å². The largest absolute Gasteiger partial charge is 0.450 e. The van der Waals surface area contributed by atoms with E-state index in [2.05, 4.69) is 10.3 Å². The van der Waals surface area contributed by atoms with Gasteiger partial charge in [-0.2, -0.15) is 4.31 Å². The summed E-state index contributed by atoms with van der Waals surface area (Å²) in [7, 11) is -3.42. The minimum absolute atomic E-state index is 0.0171. The van der Waals surface area contributed by atoms with Crippen LogP contribution in [0.15, 0.2) is 24.3 Å². The normalized spacial score (nSPS) is 14.7. The second kappa shape index (κ2) is 7.73. The molecule has 0 spiro atoms. The summed E-state index contributed by atoms with van der Waals surface area (Å²) in [5.41, 5.74) is 2.66. The lowest BCUT2D eigenvalue weighted by molar-refractivity contribution is 0.168. The minimum atomic E-state index is -3.42. The molecule has 0 fully saturated rings. The molecule has 1 aliphatic heterocycles. The number of aromatic nitrogens is 1. The van der Waals surface area contributed by atoms with Gasteiger partial charge in [-0.25, -0.2) is 18.2 Å². The Morgan fingerprint density at radius 1 is 1.42 bits per heavy atom. The molecule has 3 rings (SSSR count). The molecule has 26 heavy (non-hydrogen) atoms. The van der Waals surface area contributed by atoms with E-state index in [1.54, 1.807) is 6.92 Å². The van der Waals surface area contributed by atoms with E-state index in [1.165, 1.54) is 15.6 Å². The lowest BCUT2D eigenvalue weighted by Crippen LogP contribution is -2.36. The number of benzene rings is 1. The number of thiazole rings is 1. The molecule has 1 N–H and O–H groups in total. The number of fused-ring (bicyclic) bond motifs is 1. The molecular weight excluding hydrogens is 374 g/mol. The number of sulfonamides is 1. The third kappa shape index (κ3) is 4.40. The van der Waals surface area contributed by atoms with Crippen molar-refractivity contribution in [1.82, 2.24) is 9.29 Å². The van der Waals surface area contributed by atoms with Crippen molar-refractivity contribution in [3.8, 4) is 0 Å². The van der Waals surface area contributed by atoms with Crippen LogP contribution in [-0.4, -0.2) is 37.0 Å². The average Bonchev–Trinajstić information content (AvgIpc) is 2.95. The van der Waals surface area contributed by atoms with Crippen molar-refractivity contribution in [3.05, 3.63) is 46.0 Å². The van der Waals surface area contributed by atoms with E-state index in [9.17, 15) is 13.2 Å². The van der Waals surface area contributed by atoms with Crippen LogP contribution in [0.25, 0.3) is 0 Å². The van der Waals surface area contributed by atoms with Crippen LogP contribution >= 0.6 is 11.3 Å². The number of rotatable bonds is 5. The van der Waals surface area contributed by atoms with Gasteiger partial charge in [0.1, 0.15) is 0 Å². The Balaban J connectivity index is 1.71. The summed E-state index contributed by atoms with van der Waals surface area (Å²) in [6, 6.07) is 7.53. The van der Waals surface area contributed by atoms with E-state index in [0.717, 1.165) is 21.7 Å². The van der Waals surface area contributed by atoms with Gasteiger partial charge in [-0.3, -0.25) is 5.32 Å². The highest BCUT2D eigenvalue weighted by Crippen LogP contribution is 2.30. The monoisotopic (exact) mass is 395 g/mol. The number of nitrogens with one attached hydrogen (secondary N) is 1. The van der Waals surface area contributed by atoms with Crippen LogP contribution in [0.4, 0.5) is 9.93 Å². The van der Waals surface area contributed by atoms with Crippen LogP contribution in [-0.2, 0) is 33.5 Å². The Hall–Kier alpha value is -1.97. The second-order valence-electron chi connectivity index (χ2n) is 6.06. The number of amides is 1. The molecule has 2 aromatic rings. The van der Waals surface area contributed by atoms with Crippen LogP contribution in [0.2, 0.25) is 0 Å². The molecule has 1 amide bonds. The van der Waals surface area contributed by atoms with Crippen molar-refractivity contribution in [2.75, 3.05) is 18.5 Å². The summed E-state index contributed by atoms with van der Waals surface area (Å²) >= 11 is 1.29. The number of nitrogens with zero attached hydrogens (tertiary/aromatic N) is 2. The smallest absolute Gasteiger partial charge is 0.413 e. The number of hydrogen-bond donors (Lipinski definition) is 1. The summed E-state index contributed by atoms with van der Waals surface area (Å²) in [5, 5.41) is 3.01. The van der Waals surface area contributed by atoms with Gasteiger partial charge in [0.2, 0.25) is 10.0 Å². The van der Waals surface area contributed by atoms with Gasteiger partial charge in [-0.1, -0.05) is 41.2 Å². The molecule has 1 aromatic heterocycles. The molecule has 1 aliphatic rings. The number of ether oxygens (including phenoxy) is 1. The van der Waals surface area contributed by atoms with Crippen molar-refractivity contribution in [2.24, 2.45) is 0 Å². The Kier molecular flexibility index (Phi) is 5.59. The standard InChI is InChI=1S/C17H21N3O4S2/c1-3-24-17(21)19-16-18-14-7-8-20(10-15(14)25-16)26(22,23)11-13-6-4-5-12(2)9-13/h4-6,9H,3,7-8,10-11H2,1-2H3,(H,18,19,21). The van der Waals surface area contributed by atoms with Gasteiger partial charge in [0.05, 0.1) is 18.1 Å². The number of carbonyl (C=O) groups excluding carboxylic acids is 1. The van der Waals surface area contributed by atoms with Gasteiger partial charge in [0.25, 0.3) is 0 Å². The molecule has 140 valence electrons. The van der Waals surface area contributed by atoms with E-state index >= 15 is 0 Å². The molecule has 0 saturated carbocycles. The van der Waals surface area contributed by atoms with E-state index in [4.69, 9.17) is 4.74 Å². The molecule has 0 aliphatic carbocycles. The second-order valence-corrected chi connectivity index (χ2v) is 9.12. The summed E-state index contributed by atoms with van der Waals surface area (Å²) in [4.78, 5) is 16.7. The van der Waals surface area contributed by atoms with Gasteiger partial charge < -0.3 is 4.74 Å². The van der Waals surface area contributed by atoms with Crippen molar-refractivity contribution in [3.63, 3.8) is 0 Å². The number of carbonyl (C=O) groups is 1. The van der Waals surface area contributed by atoms with Crippen LogP contribution in [0, 0.1) is 6.92 Å². The van der Waals surface area contributed by atoms with Gasteiger partial charge in [0.15, 0.2) is 5.13 Å². The van der Waals surface area contributed by atoms with E-state index in [1.807, 2.05) is 31.2 Å². The molecular formula is C17H21N3O4S2. The maximum absolute atomic E-state index is 12.8. The average molecular weight is 396 g/mol. The summed E-state index contributed by atoms with van der Waals surface area (Å²) in [6.07, 6.45) is -0.0221. The quantitative estimate of drug-likeness (QED) is 0.841. The lowest BCUT2D eigenvalue weighted by atomic mass is 10.2. The predicted molar refractivity (Wildman–Crippen MR) is 101 cm³/mol. The highest BCUT2D eigenvalue weighted by Gasteiger charge is 2.29. The first-order valence-electron chi connectivity index (χ1n) is 8.33. The van der Waals surface area contributed by atoms with Gasteiger partial charge in [-0.15, -0.1) is 0 Å². The predicted octanol–water partition coefficient (Wildman–Crippen LogP) is 2.91. The van der Waals surface area contributed by atoms with Crippen LogP contribution in [0.5, 0.6) is 0 Å². The van der Waals surface area contributed by atoms with Crippen LogP contribution in [0.3, 0.4) is 0 Å². The minimum Gasteiger partial charge on any atom is -0.450 e. The molecule has 0 atom stereocenters. The highest BCUT2D eigenvalue weighted by molar-refractivity contribution is 7.88. The Morgan fingerprint density at radius 2 is 2.23 bits per heavy atom. The Labute approximate surface area is 157 Å². The van der Waals surface area contributed by atoms with Crippen molar-refractivity contribution < 1.29 is 17.9 Å². The number of anilines is 1. The maximum Gasteiger partial charge on any atom is 0.413 e. The fraction of sp³-hybridized carbons (Fsp3) is 0.412. The van der Waals surface area contributed by atoms with Crippen molar-refractivity contribution >= 4 is 32.6 Å². The molecule has 7 nitrogen and oxygen atoms in total. The summed E-state index contributed by atoms with van der Waals surface area (Å²) in [5.74, 6) is -0.0171. The zero-order valence-corrected chi connectivity index (χ0v) is 16.3. The molecule has 0 unspecified atom stereocenters. The fourth-order valence-electron chi connectivity index (χ4n) is 2.82. The topological polar surface area (TPSA) is 88.6 Å². The lowest BCUT2D eigenvalue weighted by Gasteiger charge is -2.25. The Bertz CT molecular complexity index is 908. The van der Waals surface area contributed by atoms with E-state index < -0.39 is 16.1 Å². The summed E-state index contributed by atoms with van der Waals surface area (Å²) in [6.45, 7) is 4.62. The van der Waals surface area contributed by atoms with Crippen molar-refractivity contribution in [2.45, 2.75) is 32.6 Å². The first-order chi connectivity index (χ1) is 12.4. The van der Waals surface area contributed by atoms with Crippen LogP contribution < -0.4 is 5.32 Å². The van der Waals surface area contributed by atoms with Gasteiger partial charge in [0, 0.05) is 24.4 Å².